The number of furan rings is 1. The molecule has 0 saturated carbocycles. The van der Waals surface area contributed by atoms with E-state index in [9.17, 15) is 0 Å². The molecular weight excluding hydrogens is 212 g/mol. The van der Waals surface area contributed by atoms with Gasteiger partial charge in [-0.2, -0.15) is 0 Å². The Bertz CT molecular complexity index is 291. The van der Waals surface area contributed by atoms with Crippen molar-refractivity contribution in [3.8, 4) is 0 Å². The highest BCUT2D eigenvalue weighted by Crippen LogP contribution is 2.12. The fourth-order valence-corrected chi connectivity index (χ4v) is 2.44. The van der Waals surface area contributed by atoms with Gasteiger partial charge in [0.2, 0.25) is 0 Å². The average molecular weight is 236 g/mol. The predicted molar refractivity (Wildman–Crippen MR) is 70.0 cm³/mol. The van der Waals surface area contributed by atoms with Crippen LogP contribution in [0, 0.1) is 0 Å². The van der Waals surface area contributed by atoms with E-state index in [1.165, 1.54) is 45.3 Å². The third-order valence-corrected chi connectivity index (χ3v) is 3.52. The van der Waals surface area contributed by atoms with Crippen LogP contribution in [0.5, 0.6) is 0 Å². The van der Waals surface area contributed by atoms with E-state index >= 15 is 0 Å². The highest BCUT2D eigenvalue weighted by molar-refractivity contribution is 5.02. The van der Waals surface area contributed by atoms with Crippen LogP contribution in [0.3, 0.4) is 0 Å². The molecule has 1 aliphatic rings. The lowest BCUT2D eigenvalue weighted by Crippen LogP contribution is -2.32. The number of nitrogens with zero attached hydrogens (tertiary/aromatic N) is 1. The molecule has 1 fully saturated rings. The van der Waals surface area contributed by atoms with E-state index in [1.54, 1.807) is 6.26 Å². The van der Waals surface area contributed by atoms with Gasteiger partial charge in [0.15, 0.2) is 0 Å². The lowest BCUT2D eigenvalue weighted by atomic mass is 10.1. The van der Waals surface area contributed by atoms with Crippen LogP contribution in [-0.2, 0) is 0 Å². The van der Waals surface area contributed by atoms with Crippen molar-refractivity contribution >= 4 is 0 Å². The summed E-state index contributed by atoms with van der Waals surface area (Å²) in [6, 6.07) is 4.30. The van der Waals surface area contributed by atoms with Crippen molar-refractivity contribution in [1.29, 1.82) is 0 Å². The molecule has 1 atom stereocenters. The summed E-state index contributed by atoms with van der Waals surface area (Å²) in [5.41, 5.74) is 0. The van der Waals surface area contributed by atoms with Gasteiger partial charge in [-0.25, -0.2) is 0 Å². The minimum atomic E-state index is 0.325. The minimum absolute atomic E-state index is 0.325. The van der Waals surface area contributed by atoms with Gasteiger partial charge >= 0.3 is 0 Å². The third kappa shape index (κ3) is 4.17. The van der Waals surface area contributed by atoms with Gasteiger partial charge in [-0.05, 0) is 64.5 Å². The Kier molecular flexibility index (Phi) is 5.08. The van der Waals surface area contributed by atoms with Gasteiger partial charge in [-0.1, -0.05) is 6.42 Å². The fourth-order valence-electron chi connectivity index (χ4n) is 2.44. The van der Waals surface area contributed by atoms with Crippen molar-refractivity contribution in [1.82, 2.24) is 10.2 Å². The maximum Gasteiger partial charge on any atom is 0.120 e. The molecule has 0 spiro atoms. The largest absolute Gasteiger partial charge is 0.468 e. The lowest BCUT2D eigenvalue weighted by molar-refractivity contribution is 0.224. The Morgan fingerprint density at radius 3 is 2.88 bits per heavy atom. The molecule has 1 aromatic rings. The smallest absolute Gasteiger partial charge is 0.120 e. The number of hydrogen-bond donors (Lipinski definition) is 1. The predicted octanol–water partition coefficient (Wildman–Crippen LogP) is 2.81. The zero-order chi connectivity index (χ0) is 11.9. The zero-order valence-corrected chi connectivity index (χ0v) is 10.8. The number of hydrogen-bond acceptors (Lipinski definition) is 3. The second kappa shape index (κ2) is 6.82. The summed E-state index contributed by atoms with van der Waals surface area (Å²) in [4.78, 5) is 2.59. The molecule has 1 aromatic heterocycles. The molecule has 0 bridgehead atoms. The van der Waals surface area contributed by atoms with E-state index in [4.69, 9.17) is 4.42 Å². The number of likely N-dealkylation sites (tertiary alicyclic amines) is 1. The minimum Gasteiger partial charge on any atom is -0.468 e. The van der Waals surface area contributed by atoms with Crippen LogP contribution in [0.2, 0.25) is 0 Å². The van der Waals surface area contributed by atoms with Gasteiger partial charge in [0.25, 0.3) is 0 Å². The van der Waals surface area contributed by atoms with Crippen LogP contribution in [0.1, 0.15) is 44.4 Å². The Morgan fingerprint density at radius 1 is 1.35 bits per heavy atom. The van der Waals surface area contributed by atoms with Crippen LogP contribution in [0.4, 0.5) is 0 Å². The SMILES string of the molecule is CC(NCCCN1CCCCC1)c1ccco1. The first kappa shape index (κ1) is 12.7. The Hall–Kier alpha value is -0.800. The van der Waals surface area contributed by atoms with Crippen molar-refractivity contribution in [2.45, 2.75) is 38.6 Å². The molecule has 3 nitrogen and oxygen atoms in total. The van der Waals surface area contributed by atoms with Gasteiger partial charge < -0.3 is 14.6 Å². The standard InChI is InChI=1S/C14H24N2O/c1-13(14-7-5-12-17-14)15-8-6-11-16-9-3-2-4-10-16/h5,7,12-13,15H,2-4,6,8-11H2,1H3. The van der Waals surface area contributed by atoms with Crippen molar-refractivity contribution in [3.05, 3.63) is 24.2 Å². The van der Waals surface area contributed by atoms with Crippen molar-refractivity contribution < 1.29 is 4.42 Å². The molecule has 2 heterocycles. The Morgan fingerprint density at radius 2 is 2.18 bits per heavy atom. The van der Waals surface area contributed by atoms with Gasteiger partial charge in [-0.3, -0.25) is 0 Å². The van der Waals surface area contributed by atoms with Gasteiger partial charge in [0.05, 0.1) is 12.3 Å². The van der Waals surface area contributed by atoms with Crippen molar-refractivity contribution in [2.75, 3.05) is 26.2 Å². The molecule has 1 N–H and O–H groups in total. The van der Waals surface area contributed by atoms with Crippen molar-refractivity contribution in [3.63, 3.8) is 0 Å². The first-order valence-electron chi connectivity index (χ1n) is 6.85. The van der Waals surface area contributed by atoms with Crippen LogP contribution in [0.15, 0.2) is 22.8 Å². The normalized spacial score (nSPS) is 19.4. The van der Waals surface area contributed by atoms with E-state index in [-0.39, 0.29) is 0 Å². The van der Waals surface area contributed by atoms with E-state index in [2.05, 4.69) is 17.1 Å². The van der Waals surface area contributed by atoms with E-state index in [0.29, 0.717) is 6.04 Å². The summed E-state index contributed by atoms with van der Waals surface area (Å²) in [6.07, 6.45) is 7.16. The molecule has 1 saturated heterocycles. The molecular formula is C14H24N2O. The fraction of sp³-hybridized carbons (Fsp3) is 0.714. The third-order valence-electron chi connectivity index (χ3n) is 3.52. The number of piperidine rings is 1. The molecule has 1 aliphatic heterocycles. The molecule has 0 radical (unpaired) electrons. The number of rotatable bonds is 6. The average Bonchev–Trinajstić information content (AvgIpc) is 2.89. The maximum atomic E-state index is 5.37. The van der Waals surface area contributed by atoms with Gasteiger partial charge in [-0.15, -0.1) is 0 Å². The molecule has 3 heteroatoms. The van der Waals surface area contributed by atoms with Gasteiger partial charge in [0.1, 0.15) is 5.76 Å². The zero-order valence-electron chi connectivity index (χ0n) is 10.8. The highest BCUT2D eigenvalue weighted by Gasteiger charge is 2.10. The lowest BCUT2D eigenvalue weighted by Gasteiger charge is -2.26. The monoisotopic (exact) mass is 236 g/mol. The molecule has 1 unspecified atom stereocenters. The molecule has 17 heavy (non-hydrogen) atoms. The molecule has 0 aliphatic carbocycles. The van der Waals surface area contributed by atoms with Crippen LogP contribution >= 0.6 is 0 Å². The maximum absolute atomic E-state index is 5.37. The molecule has 96 valence electrons. The van der Waals surface area contributed by atoms with Crippen LogP contribution in [0.25, 0.3) is 0 Å². The Balaban J connectivity index is 1.56. The number of nitrogens with one attached hydrogen (secondary N) is 1. The van der Waals surface area contributed by atoms with Crippen LogP contribution in [-0.4, -0.2) is 31.1 Å². The van der Waals surface area contributed by atoms with E-state index in [1.807, 2.05) is 12.1 Å². The molecule has 2 rings (SSSR count). The van der Waals surface area contributed by atoms with E-state index in [0.717, 1.165) is 12.3 Å². The summed E-state index contributed by atoms with van der Waals surface area (Å²) in [6.45, 7) is 7.05. The summed E-state index contributed by atoms with van der Waals surface area (Å²) in [7, 11) is 0. The van der Waals surface area contributed by atoms with Crippen molar-refractivity contribution in [2.24, 2.45) is 0 Å². The topological polar surface area (TPSA) is 28.4 Å². The first-order chi connectivity index (χ1) is 8.36. The second-order valence-corrected chi connectivity index (χ2v) is 4.95. The molecule has 0 aromatic carbocycles. The highest BCUT2D eigenvalue weighted by atomic mass is 16.3. The first-order valence-corrected chi connectivity index (χ1v) is 6.85. The summed E-state index contributed by atoms with van der Waals surface area (Å²) >= 11 is 0. The molecule has 0 amide bonds. The van der Waals surface area contributed by atoms with Gasteiger partial charge in [0, 0.05) is 0 Å². The van der Waals surface area contributed by atoms with Crippen LogP contribution < -0.4 is 5.32 Å². The summed E-state index contributed by atoms with van der Waals surface area (Å²) in [5, 5.41) is 3.50. The van der Waals surface area contributed by atoms with E-state index < -0.39 is 0 Å². The second-order valence-electron chi connectivity index (χ2n) is 4.95. The summed E-state index contributed by atoms with van der Waals surface area (Å²) < 4.78 is 5.37. The summed E-state index contributed by atoms with van der Waals surface area (Å²) in [5.74, 6) is 1.03. The quantitative estimate of drug-likeness (QED) is 0.770. The Labute approximate surface area is 104 Å².